The molecule has 0 spiro atoms. The van der Waals surface area contributed by atoms with E-state index < -0.39 is 10.2 Å². The Balaban J connectivity index is 3.13. The second-order valence-corrected chi connectivity index (χ2v) is 5.45. The van der Waals surface area contributed by atoms with Crippen LogP contribution in [0.2, 0.25) is 0 Å². The molecule has 0 unspecified atom stereocenters. The van der Waals surface area contributed by atoms with Gasteiger partial charge in [0.2, 0.25) is 0 Å². The van der Waals surface area contributed by atoms with Crippen molar-refractivity contribution in [3.63, 3.8) is 0 Å². The zero-order valence-electron chi connectivity index (χ0n) is 10.3. The Labute approximate surface area is 102 Å². The van der Waals surface area contributed by atoms with Gasteiger partial charge in [-0.05, 0) is 6.07 Å². The molecule has 1 heterocycles. The van der Waals surface area contributed by atoms with Crippen LogP contribution < -0.4 is 10.0 Å². The molecule has 0 saturated carbocycles. The summed E-state index contributed by atoms with van der Waals surface area (Å²) in [6.45, 7) is 4.44. The second-order valence-electron chi connectivity index (χ2n) is 3.49. The Kier molecular flexibility index (Phi) is 4.30. The van der Waals surface area contributed by atoms with Crippen molar-refractivity contribution in [3.05, 3.63) is 18.5 Å². The summed E-state index contributed by atoms with van der Waals surface area (Å²) in [5.74, 6) is 0. The van der Waals surface area contributed by atoms with Gasteiger partial charge in [-0.1, -0.05) is 13.8 Å². The number of rotatable bonds is 5. The predicted octanol–water partition coefficient (Wildman–Crippen LogP) is 0.687. The highest BCUT2D eigenvalue weighted by Crippen LogP contribution is 2.23. The summed E-state index contributed by atoms with van der Waals surface area (Å²) < 4.78 is 27.0. The monoisotopic (exact) mass is 258 g/mol. The maximum absolute atomic E-state index is 12.2. The predicted molar refractivity (Wildman–Crippen MR) is 68.9 cm³/mol. The highest BCUT2D eigenvalue weighted by molar-refractivity contribution is 7.90. The summed E-state index contributed by atoms with van der Waals surface area (Å²) in [6, 6.07) is 1.58. The quantitative estimate of drug-likeness (QED) is 0.842. The first-order valence-corrected chi connectivity index (χ1v) is 6.78. The fourth-order valence-electron chi connectivity index (χ4n) is 1.53. The van der Waals surface area contributed by atoms with E-state index in [4.69, 9.17) is 5.73 Å². The number of hydrogen-bond donors (Lipinski definition) is 1. The van der Waals surface area contributed by atoms with Gasteiger partial charge in [0, 0.05) is 26.3 Å². The molecule has 2 N–H and O–H groups in total. The van der Waals surface area contributed by atoms with Crippen LogP contribution >= 0.6 is 0 Å². The van der Waals surface area contributed by atoms with E-state index in [1.54, 1.807) is 19.9 Å². The minimum atomic E-state index is -3.52. The first kappa shape index (κ1) is 13.7. The van der Waals surface area contributed by atoms with Crippen molar-refractivity contribution in [1.29, 1.82) is 0 Å². The molecular weight excluding hydrogens is 240 g/mol. The lowest BCUT2D eigenvalue weighted by atomic mass is 10.3. The third-order valence-electron chi connectivity index (χ3n) is 2.54. The number of nitrogen functional groups attached to an aromatic ring is 1. The van der Waals surface area contributed by atoms with Gasteiger partial charge in [-0.3, -0.25) is 9.29 Å². The van der Waals surface area contributed by atoms with Gasteiger partial charge in [-0.15, -0.1) is 0 Å². The van der Waals surface area contributed by atoms with Gasteiger partial charge in [0.25, 0.3) is 0 Å². The average molecular weight is 258 g/mol. The summed E-state index contributed by atoms with van der Waals surface area (Å²) in [5, 5.41) is 0. The lowest BCUT2D eigenvalue weighted by Crippen LogP contribution is -2.42. The van der Waals surface area contributed by atoms with Crippen molar-refractivity contribution < 1.29 is 8.42 Å². The number of aromatic nitrogens is 1. The number of anilines is 2. The molecule has 0 aliphatic heterocycles. The molecule has 1 aromatic heterocycles. The van der Waals surface area contributed by atoms with E-state index >= 15 is 0 Å². The number of pyridine rings is 1. The molecule has 1 aromatic rings. The first-order chi connectivity index (χ1) is 7.95. The van der Waals surface area contributed by atoms with Crippen molar-refractivity contribution in [1.82, 2.24) is 9.29 Å². The number of hydrogen-bond acceptors (Lipinski definition) is 4. The third kappa shape index (κ3) is 2.67. The van der Waals surface area contributed by atoms with E-state index in [-0.39, 0.29) is 0 Å². The van der Waals surface area contributed by atoms with Crippen molar-refractivity contribution in [3.8, 4) is 0 Å². The Morgan fingerprint density at radius 2 is 1.94 bits per heavy atom. The van der Waals surface area contributed by atoms with Crippen molar-refractivity contribution in [2.75, 3.05) is 30.2 Å². The molecular formula is C10H18N4O2S. The molecule has 7 heteroatoms. The molecule has 0 amide bonds. The third-order valence-corrected chi connectivity index (χ3v) is 4.60. The molecule has 17 heavy (non-hydrogen) atoms. The van der Waals surface area contributed by atoms with Gasteiger partial charge < -0.3 is 5.73 Å². The van der Waals surface area contributed by atoms with Crippen LogP contribution in [-0.4, -0.2) is 37.8 Å². The van der Waals surface area contributed by atoms with Crippen molar-refractivity contribution >= 4 is 21.6 Å². The molecule has 0 radical (unpaired) electrons. The summed E-state index contributed by atoms with van der Waals surface area (Å²) in [7, 11) is -2.03. The van der Waals surface area contributed by atoms with E-state index in [2.05, 4.69) is 4.98 Å². The smallest absolute Gasteiger partial charge is 0.303 e. The van der Waals surface area contributed by atoms with Gasteiger partial charge in [-0.25, -0.2) is 0 Å². The minimum absolute atomic E-state index is 0.339. The Hall–Kier alpha value is -1.34. The molecule has 0 bridgehead atoms. The van der Waals surface area contributed by atoms with Crippen LogP contribution in [0.25, 0.3) is 0 Å². The minimum Gasteiger partial charge on any atom is -0.396 e. The average Bonchev–Trinajstić information content (AvgIpc) is 2.30. The number of nitrogens with two attached hydrogens (primary N) is 1. The van der Waals surface area contributed by atoms with Gasteiger partial charge in [0.05, 0.1) is 17.6 Å². The van der Waals surface area contributed by atoms with E-state index in [0.29, 0.717) is 24.5 Å². The molecule has 0 atom stereocenters. The molecule has 0 aliphatic rings. The summed E-state index contributed by atoms with van der Waals surface area (Å²) in [5.41, 5.74) is 6.49. The molecule has 96 valence electrons. The normalized spacial score (nSPS) is 11.8. The van der Waals surface area contributed by atoms with Crippen LogP contribution in [-0.2, 0) is 10.2 Å². The summed E-state index contributed by atoms with van der Waals surface area (Å²) >= 11 is 0. The maximum Gasteiger partial charge on any atom is 0.303 e. The maximum atomic E-state index is 12.2. The van der Waals surface area contributed by atoms with Gasteiger partial charge in [-0.2, -0.15) is 12.7 Å². The van der Waals surface area contributed by atoms with Gasteiger partial charge >= 0.3 is 10.2 Å². The zero-order valence-corrected chi connectivity index (χ0v) is 11.1. The van der Waals surface area contributed by atoms with Crippen molar-refractivity contribution in [2.45, 2.75) is 13.8 Å². The second kappa shape index (κ2) is 5.33. The molecule has 0 aliphatic carbocycles. The van der Waals surface area contributed by atoms with E-state index in [0.717, 1.165) is 0 Å². The topological polar surface area (TPSA) is 79.5 Å². The standard InChI is InChI=1S/C10H18N4O2S/c1-4-14(5-2)17(15,16)13(3)10-6-7-12-8-9(10)11/h6-8H,4-5,11H2,1-3H3. The van der Waals surface area contributed by atoms with Crippen LogP contribution in [0.5, 0.6) is 0 Å². The highest BCUT2D eigenvalue weighted by atomic mass is 32.2. The molecule has 0 aromatic carbocycles. The van der Waals surface area contributed by atoms with E-state index in [1.165, 1.54) is 28.1 Å². The van der Waals surface area contributed by atoms with E-state index in [9.17, 15) is 8.42 Å². The Bertz CT molecular complexity index is 471. The van der Waals surface area contributed by atoms with Crippen LogP contribution in [0.1, 0.15) is 13.8 Å². The zero-order chi connectivity index (χ0) is 13.1. The van der Waals surface area contributed by atoms with Gasteiger partial charge in [0.15, 0.2) is 0 Å². The van der Waals surface area contributed by atoms with E-state index in [1.807, 2.05) is 0 Å². The van der Waals surface area contributed by atoms with Crippen LogP contribution in [0, 0.1) is 0 Å². The molecule has 0 saturated heterocycles. The fraction of sp³-hybridized carbons (Fsp3) is 0.500. The first-order valence-electron chi connectivity index (χ1n) is 5.38. The van der Waals surface area contributed by atoms with Gasteiger partial charge in [0.1, 0.15) is 0 Å². The SMILES string of the molecule is CCN(CC)S(=O)(=O)N(C)c1ccncc1N. The molecule has 6 nitrogen and oxygen atoms in total. The lowest BCUT2D eigenvalue weighted by Gasteiger charge is -2.27. The molecule has 0 fully saturated rings. The largest absolute Gasteiger partial charge is 0.396 e. The highest BCUT2D eigenvalue weighted by Gasteiger charge is 2.25. The Morgan fingerprint density at radius 1 is 1.35 bits per heavy atom. The lowest BCUT2D eigenvalue weighted by molar-refractivity contribution is 0.444. The fourth-order valence-corrected chi connectivity index (χ4v) is 2.95. The van der Waals surface area contributed by atoms with Crippen LogP contribution in [0.15, 0.2) is 18.5 Å². The van der Waals surface area contributed by atoms with Crippen molar-refractivity contribution in [2.24, 2.45) is 0 Å². The number of nitrogens with zero attached hydrogens (tertiary/aromatic N) is 3. The van der Waals surface area contributed by atoms with Crippen LogP contribution in [0.4, 0.5) is 11.4 Å². The summed E-state index contributed by atoms with van der Waals surface area (Å²) in [6.07, 6.45) is 2.95. The Morgan fingerprint density at radius 3 is 2.41 bits per heavy atom. The summed E-state index contributed by atoms with van der Waals surface area (Å²) in [4.78, 5) is 3.83. The molecule has 1 rings (SSSR count). The van der Waals surface area contributed by atoms with Crippen LogP contribution in [0.3, 0.4) is 0 Å².